The molecule has 0 saturated carbocycles. The van der Waals surface area contributed by atoms with Gasteiger partial charge in [-0.15, -0.1) is 0 Å². The topological polar surface area (TPSA) is 106 Å². The predicted octanol–water partition coefficient (Wildman–Crippen LogP) is 4.07. The molecule has 3 heterocycles. The summed E-state index contributed by atoms with van der Waals surface area (Å²) >= 11 is 5.90. The lowest BCUT2D eigenvalue weighted by Gasteiger charge is -2.09. The number of hydrogen-bond donors (Lipinski definition) is 2. The van der Waals surface area contributed by atoms with E-state index in [1.807, 2.05) is 6.92 Å². The van der Waals surface area contributed by atoms with Crippen LogP contribution >= 0.6 is 11.6 Å². The molecule has 9 heteroatoms. The Bertz CT molecular complexity index is 1230. The van der Waals surface area contributed by atoms with Crippen LogP contribution in [0, 0.1) is 0 Å². The van der Waals surface area contributed by atoms with Crippen LogP contribution in [0.5, 0.6) is 0 Å². The number of hydrogen-bond acceptors (Lipinski definition) is 5. The van der Waals surface area contributed by atoms with E-state index in [1.54, 1.807) is 42.5 Å². The number of nitrogens with one attached hydrogen (secondary N) is 2. The van der Waals surface area contributed by atoms with Crippen LogP contribution in [-0.4, -0.2) is 25.7 Å². The van der Waals surface area contributed by atoms with Gasteiger partial charge in [-0.05, 0) is 42.8 Å². The Morgan fingerprint density at radius 3 is 2.73 bits per heavy atom. The molecule has 0 atom stereocenters. The Labute approximate surface area is 176 Å². The summed E-state index contributed by atoms with van der Waals surface area (Å²) in [6, 6.07) is 13.1. The van der Waals surface area contributed by atoms with Crippen molar-refractivity contribution in [2.45, 2.75) is 19.8 Å². The second-order valence-electron chi connectivity index (χ2n) is 6.58. The molecule has 4 rings (SSSR count). The van der Waals surface area contributed by atoms with E-state index in [1.165, 1.54) is 17.0 Å². The molecule has 0 radical (unpaired) electrons. The van der Waals surface area contributed by atoms with Crippen LogP contribution in [0.2, 0.25) is 5.02 Å². The first kappa shape index (κ1) is 19.7. The number of carbonyl (C=O) groups excluding carboxylic acids is 1. The number of aryl methyl sites for hydroxylation is 1. The zero-order valence-corrected chi connectivity index (χ0v) is 16.8. The van der Waals surface area contributed by atoms with Gasteiger partial charge in [-0.25, -0.2) is 4.98 Å². The predicted molar refractivity (Wildman–Crippen MR) is 113 cm³/mol. The lowest BCUT2D eigenvalue weighted by molar-refractivity contribution is 0.102. The van der Waals surface area contributed by atoms with Gasteiger partial charge in [0.25, 0.3) is 11.5 Å². The Morgan fingerprint density at radius 2 is 2.03 bits per heavy atom. The SMILES string of the molecule is CCCc1cc(=O)[nH]c(-n2nc(-c3ccco3)cc2NC(=O)c2ccc(Cl)cc2)n1. The van der Waals surface area contributed by atoms with Crippen LogP contribution in [0.1, 0.15) is 29.4 Å². The molecule has 0 fully saturated rings. The Kier molecular flexibility index (Phi) is 5.49. The summed E-state index contributed by atoms with van der Waals surface area (Å²) in [7, 11) is 0. The minimum atomic E-state index is -0.356. The van der Waals surface area contributed by atoms with Gasteiger partial charge < -0.3 is 9.73 Å². The summed E-state index contributed by atoms with van der Waals surface area (Å²) in [5.74, 6) is 0.696. The van der Waals surface area contributed by atoms with Crippen LogP contribution in [0.25, 0.3) is 17.4 Å². The summed E-state index contributed by atoms with van der Waals surface area (Å²) in [6.07, 6.45) is 3.02. The van der Waals surface area contributed by atoms with Crippen molar-refractivity contribution in [1.82, 2.24) is 19.7 Å². The van der Waals surface area contributed by atoms with Crippen molar-refractivity contribution in [1.29, 1.82) is 0 Å². The van der Waals surface area contributed by atoms with Crippen molar-refractivity contribution in [3.63, 3.8) is 0 Å². The highest BCUT2D eigenvalue weighted by Crippen LogP contribution is 2.24. The molecule has 4 aromatic rings. The zero-order valence-electron chi connectivity index (χ0n) is 16.1. The standard InChI is InChI=1S/C21H18ClN5O3/c1-2-4-15-11-19(28)25-21(23-15)27-18(12-16(26-27)17-5-3-10-30-17)24-20(29)13-6-8-14(22)9-7-13/h3,5-12H,2,4H2,1H3,(H,24,29)(H,23,25,28). The molecular formula is C21H18ClN5O3. The molecule has 1 amide bonds. The molecule has 0 aliphatic rings. The van der Waals surface area contributed by atoms with Gasteiger partial charge in [-0.2, -0.15) is 9.78 Å². The van der Waals surface area contributed by atoms with Gasteiger partial charge in [0.05, 0.1) is 6.26 Å². The third-order valence-electron chi connectivity index (χ3n) is 4.32. The van der Waals surface area contributed by atoms with Crippen molar-refractivity contribution < 1.29 is 9.21 Å². The molecule has 2 N–H and O–H groups in total. The maximum atomic E-state index is 12.7. The van der Waals surface area contributed by atoms with Gasteiger partial charge in [0.1, 0.15) is 11.5 Å². The first-order valence-electron chi connectivity index (χ1n) is 9.35. The number of aromatic amines is 1. The van der Waals surface area contributed by atoms with Gasteiger partial charge in [-0.3, -0.25) is 14.6 Å². The average Bonchev–Trinajstić information content (AvgIpc) is 3.38. The van der Waals surface area contributed by atoms with E-state index in [0.29, 0.717) is 40.0 Å². The largest absolute Gasteiger partial charge is 0.463 e. The highest BCUT2D eigenvalue weighted by Gasteiger charge is 2.18. The number of amides is 1. The van der Waals surface area contributed by atoms with Crippen molar-refractivity contribution in [3.8, 4) is 17.4 Å². The number of rotatable bonds is 6. The maximum absolute atomic E-state index is 12.7. The number of aromatic nitrogens is 4. The molecule has 3 aromatic heterocycles. The normalized spacial score (nSPS) is 10.9. The van der Waals surface area contributed by atoms with Gasteiger partial charge in [-0.1, -0.05) is 24.9 Å². The number of furan rings is 1. The van der Waals surface area contributed by atoms with E-state index in [4.69, 9.17) is 16.0 Å². The fraction of sp³-hybridized carbons (Fsp3) is 0.143. The highest BCUT2D eigenvalue weighted by atomic mass is 35.5. The molecule has 0 aliphatic heterocycles. The number of carbonyl (C=O) groups is 1. The zero-order chi connectivity index (χ0) is 21.1. The third-order valence-corrected chi connectivity index (χ3v) is 4.57. The van der Waals surface area contributed by atoms with Crippen molar-refractivity contribution in [2.24, 2.45) is 0 Å². The summed E-state index contributed by atoms with van der Waals surface area (Å²) in [4.78, 5) is 32.0. The van der Waals surface area contributed by atoms with Gasteiger partial charge >= 0.3 is 0 Å². The van der Waals surface area contributed by atoms with Gasteiger partial charge in [0.2, 0.25) is 5.95 Å². The number of anilines is 1. The molecule has 0 unspecified atom stereocenters. The second-order valence-corrected chi connectivity index (χ2v) is 7.01. The van der Waals surface area contributed by atoms with Gasteiger partial charge in [0.15, 0.2) is 5.76 Å². The van der Waals surface area contributed by atoms with E-state index in [0.717, 1.165) is 6.42 Å². The fourth-order valence-electron chi connectivity index (χ4n) is 2.94. The molecule has 8 nitrogen and oxygen atoms in total. The Hall–Kier alpha value is -3.65. The Morgan fingerprint density at radius 1 is 1.23 bits per heavy atom. The van der Waals surface area contributed by atoms with E-state index in [2.05, 4.69) is 20.4 Å². The van der Waals surface area contributed by atoms with E-state index >= 15 is 0 Å². The molecule has 0 bridgehead atoms. The smallest absolute Gasteiger partial charge is 0.256 e. The molecule has 0 aliphatic carbocycles. The highest BCUT2D eigenvalue weighted by molar-refractivity contribution is 6.30. The van der Waals surface area contributed by atoms with E-state index < -0.39 is 0 Å². The lowest BCUT2D eigenvalue weighted by atomic mass is 10.2. The minimum absolute atomic E-state index is 0.204. The molecule has 0 spiro atoms. The fourth-order valence-corrected chi connectivity index (χ4v) is 3.07. The van der Waals surface area contributed by atoms with Crippen LogP contribution in [-0.2, 0) is 6.42 Å². The van der Waals surface area contributed by atoms with Crippen LogP contribution in [0.3, 0.4) is 0 Å². The number of halogens is 1. The van der Waals surface area contributed by atoms with Crippen LogP contribution in [0.4, 0.5) is 5.82 Å². The quantitative estimate of drug-likeness (QED) is 0.486. The van der Waals surface area contributed by atoms with Crippen molar-refractivity contribution in [3.05, 3.63) is 81.4 Å². The number of benzene rings is 1. The average molecular weight is 424 g/mol. The van der Waals surface area contributed by atoms with E-state index in [-0.39, 0.29) is 17.4 Å². The van der Waals surface area contributed by atoms with Crippen molar-refractivity contribution >= 4 is 23.3 Å². The first-order chi connectivity index (χ1) is 14.5. The second kappa shape index (κ2) is 8.38. The number of H-pyrrole nitrogens is 1. The molecule has 0 saturated heterocycles. The summed E-state index contributed by atoms with van der Waals surface area (Å²) in [5.41, 5.74) is 1.25. The first-order valence-corrected chi connectivity index (χ1v) is 9.73. The molecule has 152 valence electrons. The van der Waals surface area contributed by atoms with Crippen molar-refractivity contribution in [2.75, 3.05) is 5.32 Å². The van der Waals surface area contributed by atoms with Crippen LogP contribution < -0.4 is 10.9 Å². The monoisotopic (exact) mass is 423 g/mol. The maximum Gasteiger partial charge on any atom is 0.256 e. The molecular weight excluding hydrogens is 406 g/mol. The molecule has 30 heavy (non-hydrogen) atoms. The van der Waals surface area contributed by atoms with E-state index in [9.17, 15) is 9.59 Å². The number of nitrogens with zero attached hydrogens (tertiary/aromatic N) is 3. The Balaban J connectivity index is 1.76. The third kappa shape index (κ3) is 4.18. The van der Waals surface area contributed by atoms with Crippen LogP contribution in [0.15, 0.2) is 64.0 Å². The summed E-state index contributed by atoms with van der Waals surface area (Å²) in [6.45, 7) is 2.00. The summed E-state index contributed by atoms with van der Waals surface area (Å²) < 4.78 is 6.80. The summed E-state index contributed by atoms with van der Waals surface area (Å²) in [5, 5.41) is 7.83. The van der Waals surface area contributed by atoms with Gasteiger partial charge in [0, 0.05) is 28.4 Å². The minimum Gasteiger partial charge on any atom is -0.463 e. The lowest BCUT2D eigenvalue weighted by Crippen LogP contribution is -2.19. The molecule has 1 aromatic carbocycles.